The summed E-state index contributed by atoms with van der Waals surface area (Å²) in [5.74, 6) is 0.460. The van der Waals surface area contributed by atoms with Crippen LogP contribution in [0.25, 0.3) is 0 Å². The average molecular weight is 308 g/mol. The summed E-state index contributed by atoms with van der Waals surface area (Å²) in [4.78, 5) is 4.38. The SMILES string of the molecule is CCCNc1nsc(NCC(C)(C)c2ccc(F)cc2)n1. The molecule has 0 aliphatic heterocycles. The normalized spacial score (nSPS) is 11.4. The second-order valence-electron chi connectivity index (χ2n) is 5.59. The summed E-state index contributed by atoms with van der Waals surface area (Å²) in [5.41, 5.74) is 0.973. The van der Waals surface area contributed by atoms with Gasteiger partial charge in [0.05, 0.1) is 0 Å². The molecule has 0 saturated heterocycles. The van der Waals surface area contributed by atoms with E-state index in [9.17, 15) is 4.39 Å². The van der Waals surface area contributed by atoms with E-state index in [-0.39, 0.29) is 11.2 Å². The molecule has 1 heterocycles. The quantitative estimate of drug-likeness (QED) is 0.815. The van der Waals surface area contributed by atoms with Crippen LogP contribution in [0.4, 0.5) is 15.5 Å². The molecule has 4 nitrogen and oxygen atoms in total. The Morgan fingerprint density at radius 2 is 1.90 bits per heavy atom. The number of rotatable bonds is 7. The molecule has 114 valence electrons. The van der Waals surface area contributed by atoms with Crippen molar-refractivity contribution in [3.8, 4) is 0 Å². The van der Waals surface area contributed by atoms with Gasteiger partial charge in [0.25, 0.3) is 0 Å². The van der Waals surface area contributed by atoms with Gasteiger partial charge in [-0.15, -0.1) is 0 Å². The summed E-state index contributed by atoms with van der Waals surface area (Å²) in [6.45, 7) is 7.91. The molecule has 1 aromatic carbocycles. The highest BCUT2D eigenvalue weighted by Gasteiger charge is 2.21. The summed E-state index contributed by atoms with van der Waals surface area (Å²) < 4.78 is 17.2. The summed E-state index contributed by atoms with van der Waals surface area (Å²) in [7, 11) is 0. The first kappa shape index (κ1) is 15.7. The van der Waals surface area contributed by atoms with Gasteiger partial charge < -0.3 is 10.6 Å². The third-order valence-electron chi connectivity index (χ3n) is 3.27. The van der Waals surface area contributed by atoms with E-state index in [1.165, 1.54) is 23.7 Å². The van der Waals surface area contributed by atoms with Crippen LogP contribution in [-0.2, 0) is 5.41 Å². The van der Waals surface area contributed by atoms with E-state index in [0.717, 1.165) is 23.7 Å². The van der Waals surface area contributed by atoms with E-state index in [4.69, 9.17) is 0 Å². The molecule has 1 aromatic heterocycles. The fourth-order valence-corrected chi connectivity index (χ4v) is 2.45. The topological polar surface area (TPSA) is 49.8 Å². The van der Waals surface area contributed by atoms with Crippen LogP contribution >= 0.6 is 11.5 Å². The molecule has 0 amide bonds. The van der Waals surface area contributed by atoms with E-state index in [2.05, 4.69) is 40.8 Å². The highest BCUT2D eigenvalue weighted by molar-refractivity contribution is 7.09. The minimum Gasteiger partial charge on any atom is -0.359 e. The number of nitrogens with one attached hydrogen (secondary N) is 2. The Kier molecular flexibility index (Phi) is 5.12. The van der Waals surface area contributed by atoms with Gasteiger partial charge in [-0.2, -0.15) is 9.36 Å². The lowest BCUT2D eigenvalue weighted by molar-refractivity contribution is 0.553. The first-order chi connectivity index (χ1) is 10.0. The third-order valence-corrected chi connectivity index (χ3v) is 3.94. The third kappa shape index (κ3) is 4.39. The molecule has 6 heteroatoms. The average Bonchev–Trinajstić information content (AvgIpc) is 2.91. The molecule has 0 fully saturated rings. The van der Waals surface area contributed by atoms with Gasteiger partial charge in [0.2, 0.25) is 11.1 Å². The molecule has 0 bridgehead atoms. The lowest BCUT2D eigenvalue weighted by Gasteiger charge is -2.25. The van der Waals surface area contributed by atoms with Crippen LogP contribution in [-0.4, -0.2) is 22.4 Å². The van der Waals surface area contributed by atoms with Crippen molar-refractivity contribution in [1.29, 1.82) is 0 Å². The fourth-order valence-electron chi connectivity index (χ4n) is 1.90. The van der Waals surface area contributed by atoms with Crippen LogP contribution in [0.3, 0.4) is 0 Å². The summed E-state index contributed by atoms with van der Waals surface area (Å²) in [6, 6.07) is 6.64. The number of benzene rings is 1. The van der Waals surface area contributed by atoms with Crippen molar-refractivity contribution in [1.82, 2.24) is 9.36 Å². The van der Waals surface area contributed by atoms with Crippen LogP contribution in [0.5, 0.6) is 0 Å². The Morgan fingerprint density at radius 3 is 2.57 bits per heavy atom. The Balaban J connectivity index is 1.94. The lowest BCUT2D eigenvalue weighted by Crippen LogP contribution is -2.27. The summed E-state index contributed by atoms with van der Waals surface area (Å²) in [5, 5.41) is 7.26. The predicted octanol–water partition coefficient (Wildman–Crippen LogP) is 3.89. The maximum absolute atomic E-state index is 13.0. The summed E-state index contributed by atoms with van der Waals surface area (Å²) in [6.07, 6.45) is 1.04. The zero-order valence-corrected chi connectivity index (χ0v) is 13.4. The Bertz CT molecular complexity index is 565. The van der Waals surface area contributed by atoms with Gasteiger partial charge in [0, 0.05) is 30.0 Å². The number of anilines is 2. The van der Waals surface area contributed by atoms with Gasteiger partial charge in [0.15, 0.2) is 0 Å². The second kappa shape index (κ2) is 6.85. The molecule has 0 spiro atoms. The van der Waals surface area contributed by atoms with Crippen molar-refractivity contribution < 1.29 is 4.39 Å². The molecule has 2 N–H and O–H groups in total. The predicted molar refractivity (Wildman–Crippen MR) is 86.6 cm³/mol. The van der Waals surface area contributed by atoms with Gasteiger partial charge in [-0.1, -0.05) is 32.9 Å². The van der Waals surface area contributed by atoms with Crippen molar-refractivity contribution in [3.05, 3.63) is 35.6 Å². The van der Waals surface area contributed by atoms with Crippen LogP contribution in [0.1, 0.15) is 32.8 Å². The van der Waals surface area contributed by atoms with Crippen LogP contribution in [0.15, 0.2) is 24.3 Å². The Hall–Kier alpha value is -1.69. The molecule has 21 heavy (non-hydrogen) atoms. The molecule has 0 unspecified atom stereocenters. The zero-order valence-electron chi connectivity index (χ0n) is 12.6. The highest BCUT2D eigenvalue weighted by atomic mass is 32.1. The van der Waals surface area contributed by atoms with Gasteiger partial charge in [-0.25, -0.2) is 4.39 Å². The Morgan fingerprint density at radius 1 is 1.19 bits per heavy atom. The molecule has 2 rings (SSSR count). The number of hydrogen-bond donors (Lipinski definition) is 2. The molecular weight excluding hydrogens is 287 g/mol. The van der Waals surface area contributed by atoms with E-state index in [0.29, 0.717) is 12.5 Å². The van der Waals surface area contributed by atoms with Gasteiger partial charge >= 0.3 is 0 Å². The molecule has 0 radical (unpaired) electrons. The van der Waals surface area contributed by atoms with Crippen molar-refractivity contribution in [2.24, 2.45) is 0 Å². The van der Waals surface area contributed by atoms with Crippen molar-refractivity contribution in [3.63, 3.8) is 0 Å². The number of hydrogen-bond acceptors (Lipinski definition) is 5. The highest BCUT2D eigenvalue weighted by Crippen LogP contribution is 2.25. The van der Waals surface area contributed by atoms with E-state index >= 15 is 0 Å². The van der Waals surface area contributed by atoms with Gasteiger partial charge in [-0.3, -0.25) is 0 Å². The number of aromatic nitrogens is 2. The molecule has 0 aliphatic carbocycles. The van der Waals surface area contributed by atoms with Gasteiger partial charge in [0.1, 0.15) is 5.82 Å². The maximum Gasteiger partial charge on any atom is 0.236 e. The van der Waals surface area contributed by atoms with E-state index < -0.39 is 0 Å². The maximum atomic E-state index is 13.0. The first-order valence-corrected chi connectivity index (χ1v) is 7.86. The summed E-state index contributed by atoms with van der Waals surface area (Å²) >= 11 is 1.34. The minimum atomic E-state index is -0.210. The van der Waals surface area contributed by atoms with Crippen LogP contribution in [0, 0.1) is 5.82 Å². The van der Waals surface area contributed by atoms with E-state index in [1.807, 2.05) is 12.1 Å². The molecule has 0 aliphatic rings. The monoisotopic (exact) mass is 308 g/mol. The zero-order chi connectivity index (χ0) is 15.3. The van der Waals surface area contributed by atoms with Crippen LogP contribution < -0.4 is 10.6 Å². The van der Waals surface area contributed by atoms with Crippen molar-refractivity contribution in [2.75, 3.05) is 23.7 Å². The molecule has 0 atom stereocenters. The van der Waals surface area contributed by atoms with Crippen molar-refractivity contribution >= 4 is 22.6 Å². The Labute approximate surface area is 129 Å². The standard InChI is InChI=1S/C15H21FN4S/c1-4-9-17-13-19-14(21-20-13)18-10-15(2,3)11-5-7-12(16)8-6-11/h5-8H,4,9-10H2,1-3H3,(H2,17,18,19,20). The molecule has 0 saturated carbocycles. The largest absolute Gasteiger partial charge is 0.359 e. The minimum absolute atomic E-state index is 0.115. The lowest BCUT2D eigenvalue weighted by atomic mass is 9.85. The smallest absolute Gasteiger partial charge is 0.236 e. The van der Waals surface area contributed by atoms with Gasteiger partial charge in [-0.05, 0) is 24.1 Å². The van der Waals surface area contributed by atoms with Crippen molar-refractivity contribution in [2.45, 2.75) is 32.6 Å². The molecule has 2 aromatic rings. The fraction of sp³-hybridized carbons (Fsp3) is 0.467. The molecular formula is C15H21FN4S. The first-order valence-electron chi connectivity index (χ1n) is 7.09. The second-order valence-corrected chi connectivity index (χ2v) is 6.35. The van der Waals surface area contributed by atoms with Crippen LogP contribution in [0.2, 0.25) is 0 Å². The number of nitrogens with zero attached hydrogens (tertiary/aromatic N) is 2. The number of halogens is 1. The van der Waals surface area contributed by atoms with E-state index in [1.54, 1.807) is 0 Å².